The first kappa shape index (κ1) is 36.0. The Morgan fingerprint density at radius 1 is 0.450 bits per heavy atom. The topological polar surface area (TPSA) is 13.1 Å². The van der Waals surface area contributed by atoms with Crippen molar-refractivity contribution in [2.45, 2.75) is 26.7 Å². The lowest BCUT2D eigenvalue weighted by Gasteiger charge is -2.32. The minimum absolute atomic E-state index is 0.923. The molecule has 288 valence electrons. The fraction of sp³-hybridized carbons (Fsp3) is 0.0714. The molecule has 0 bridgehead atoms. The predicted octanol–water partition coefficient (Wildman–Crippen LogP) is 15.9. The highest BCUT2D eigenvalue weighted by Gasteiger charge is 2.26. The van der Waals surface area contributed by atoms with E-state index in [1.807, 2.05) is 25.2 Å². The Balaban J connectivity index is 0.00000201. The zero-order valence-corrected chi connectivity index (χ0v) is 34.5. The van der Waals surface area contributed by atoms with Gasteiger partial charge in [0.1, 0.15) is 0 Å². The first-order valence-electron chi connectivity index (χ1n) is 21.1. The predicted molar refractivity (Wildman–Crippen MR) is 259 cm³/mol. The van der Waals surface area contributed by atoms with E-state index in [1.165, 1.54) is 98.0 Å². The minimum atomic E-state index is 0.923. The average molecular weight is 790 g/mol. The molecule has 3 nitrogen and oxygen atoms in total. The molecule has 1 aliphatic carbocycles. The van der Waals surface area contributed by atoms with Crippen LogP contribution in [-0.2, 0) is 6.42 Å². The zero-order chi connectivity index (χ0) is 40.2. The third-order valence-corrected chi connectivity index (χ3v) is 13.2. The molecular weight excluding hydrogens is 747 g/mol. The van der Waals surface area contributed by atoms with E-state index >= 15 is 0 Å². The van der Waals surface area contributed by atoms with Crippen LogP contribution in [0.2, 0.25) is 0 Å². The molecule has 0 amide bonds. The van der Waals surface area contributed by atoms with Crippen LogP contribution in [0, 0.1) is 0 Å². The van der Waals surface area contributed by atoms with E-state index in [-0.39, 0.29) is 0 Å². The summed E-state index contributed by atoms with van der Waals surface area (Å²) in [7, 11) is 0. The van der Waals surface area contributed by atoms with Crippen molar-refractivity contribution in [3.8, 4) is 22.5 Å². The van der Waals surface area contributed by atoms with Crippen molar-refractivity contribution >= 4 is 81.7 Å². The van der Waals surface area contributed by atoms with E-state index in [4.69, 9.17) is 0 Å². The molecule has 0 radical (unpaired) electrons. The van der Waals surface area contributed by atoms with Crippen molar-refractivity contribution < 1.29 is 0 Å². The highest BCUT2D eigenvalue weighted by molar-refractivity contribution is 7.25. The second-order valence-corrected chi connectivity index (χ2v) is 16.3. The summed E-state index contributed by atoms with van der Waals surface area (Å²) in [5.74, 6) is 0. The number of thiophene rings is 1. The lowest BCUT2D eigenvalue weighted by Crippen LogP contribution is -2.20. The van der Waals surface area contributed by atoms with Gasteiger partial charge in [-0.15, -0.1) is 11.3 Å². The number of hydrogen-bond donors (Lipinski definition) is 0. The Morgan fingerprint density at radius 3 is 1.90 bits per heavy atom. The van der Waals surface area contributed by atoms with Crippen LogP contribution in [0.5, 0.6) is 0 Å². The number of hydrogen-bond acceptors (Lipinski definition) is 2. The number of rotatable bonds is 6. The monoisotopic (exact) mass is 789 g/mol. The molecule has 0 saturated carbocycles. The Hall–Kier alpha value is -7.14. The maximum absolute atomic E-state index is 2.50. The molecule has 0 spiro atoms. The molecule has 8 aromatic carbocycles. The van der Waals surface area contributed by atoms with Gasteiger partial charge in [0.05, 0.1) is 27.9 Å². The smallest absolute Gasteiger partial charge is 0.0547 e. The highest BCUT2D eigenvalue weighted by atomic mass is 32.1. The van der Waals surface area contributed by atoms with Crippen molar-refractivity contribution in [2.24, 2.45) is 0 Å². The van der Waals surface area contributed by atoms with E-state index < -0.39 is 0 Å². The standard InChI is InChI=1S/C54H37N3S.C2H6/c1-3-15-37(16-4-1)55(40-28-31-45-43-21-8-12-24-49(43)56(52(45)35-40)38-17-5-2-6-18-38)48-23-11-7-19-41(48)36-27-30-44-42-20-9-13-25-50(42)57(51(44)33-36)39-29-32-54-47(34-39)46-22-10-14-26-53(46)58-54;1-2/h1-27,29-30,32-35H,28,31H2;1-2H3. The second kappa shape index (κ2) is 14.9. The molecular formula is C56H43N3S. The van der Waals surface area contributed by atoms with Gasteiger partial charge >= 0.3 is 0 Å². The molecule has 11 aromatic rings. The Morgan fingerprint density at radius 2 is 1.08 bits per heavy atom. The average Bonchev–Trinajstić information content (AvgIpc) is 3.97. The molecule has 4 heteroatoms. The fourth-order valence-corrected chi connectivity index (χ4v) is 10.6. The number of benzene rings is 8. The van der Waals surface area contributed by atoms with Gasteiger partial charge < -0.3 is 14.0 Å². The van der Waals surface area contributed by atoms with Crippen LogP contribution in [0.15, 0.2) is 200 Å². The summed E-state index contributed by atoms with van der Waals surface area (Å²) < 4.78 is 7.55. The molecule has 1 aliphatic rings. The van der Waals surface area contributed by atoms with Crippen LogP contribution in [0.3, 0.4) is 0 Å². The Kier molecular flexibility index (Phi) is 8.94. The Labute approximate surface area is 354 Å². The van der Waals surface area contributed by atoms with Gasteiger partial charge in [0.15, 0.2) is 0 Å². The van der Waals surface area contributed by atoms with E-state index in [1.54, 1.807) is 0 Å². The third-order valence-electron chi connectivity index (χ3n) is 12.0. The van der Waals surface area contributed by atoms with Crippen LogP contribution in [-0.4, -0.2) is 9.13 Å². The van der Waals surface area contributed by atoms with Crippen LogP contribution in [0.4, 0.5) is 11.4 Å². The summed E-state index contributed by atoms with van der Waals surface area (Å²) in [6.45, 7) is 4.00. The lowest BCUT2D eigenvalue weighted by molar-refractivity contribution is 0.887. The number of aryl methyl sites for hydroxylation is 1. The summed E-state index contributed by atoms with van der Waals surface area (Å²) in [6.07, 6.45) is 4.33. The SMILES string of the molecule is C1=C(N(c2ccccc2)c2ccccc2-c2ccc3c4ccccc4n(-c4ccc5sc6ccccc6c5c4)c3c2)CCc2c1n(-c1ccccc1)c1ccccc21.CC. The first-order valence-corrected chi connectivity index (χ1v) is 21.9. The van der Waals surface area contributed by atoms with Gasteiger partial charge in [-0.05, 0) is 103 Å². The normalized spacial score (nSPS) is 12.5. The molecule has 0 N–H and O–H groups in total. The number of fused-ring (bicyclic) bond motifs is 9. The van der Waals surface area contributed by atoms with Crippen molar-refractivity contribution in [1.29, 1.82) is 0 Å². The first-order chi connectivity index (χ1) is 29.8. The number of nitrogens with zero attached hydrogens (tertiary/aromatic N) is 3. The summed E-state index contributed by atoms with van der Waals surface area (Å²) in [6, 6.07) is 71.1. The molecule has 0 atom stereocenters. The maximum Gasteiger partial charge on any atom is 0.0547 e. The zero-order valence-electron chi connectivity index (χ0n) is 33.7. The van der Waals surface area contributed by atoms with Gasteiger partial charge in [0, 0.05) is 64.7 Å². The maximum atomic E-state index is 2.50. The number of anilines is 2. The summed E-state index contributed by atoms with van der Waals surface area (Å²) in [5.41, 5.74) is 14.7. The van der Waals surface area contributed by atoms with E-state index in [2.05, 4.69) is 214 Å². The van der Waals surface area contributed by atoms with Gasteiger partial charge in [0.2, 0.25) is 0 Å². The number of aromatic nitrogens is 2. The van der Waals surface area contributed by atoms with Gasteiger partial charge in [-0.3, -0.25) is 0 Å². The molecule has 0 unspecified atom stereocenters. The second-order valence-electron chi connectivity index (χ2n) is 15.2. The van der Waals surface area contributed by atoms with Crippen LogP contribution < -0.4 is 4.90 Å². The lowest BCUT2D eigenvalue weighted by atomic mass is 9.95. The van der Waals surface area contributed by atoms with Gasteiger partial charge in [-0.2, -0.15) is 0 Å². The van der Waals surface area contributed by atoms with Crippen LogP contribution >= 0.6 is 11.3 Å². The van der Waals surface area contributed by atoms with E-state index in [0.29, 0.717) is 0 Å². The van der Waals surface area contributed by atoms with Crippen LogP contribution in [0.1, 0.15) is 31.5 Å². The fourth-order valence-electron chi connectivity index (χ4n) is 9.47. The molecule has 60 heavy (non-hydrogen) atoms. The van der Waals surface area contributed by atoms with E-state index in [9.17, 15) is 0 Å². The molecule has 3 heterocycles. The quantitative estimate of drug-likeness (QED) is 0.164. The van der Waals surface area contributed by atoms with E-state index in [0.717, 1.165) is 18.5 Å². The molecule has 0 aliphatic heterocycles. The summed E-state index contributed by atoms with van der Waals surface area (Å²) in [4.78, 5) is 2.50. The van der Waals surface area contributed by atoms with Gasteiger partial charge in [0.25, 0.3) is 0 Å². The van der Waals surface area contributed by atoms with Crippen molar-refractivity contribution in [3.05, 3.63) is 211 Å². The van der Waals surface area contributed by atoms with Gasteiger partial charge in [-0.1, -0.05) is 135 Å². The molecule has 0 fully saturated rings. The number of allylic oxidation sites excluding steroid dienone is 1. The van der Waals surface area contributed by atoms with Gasteiger partial charge in [-0.25, -0.2) is 0 Å². The summed E-state index contributed by atoms with van der Waals surface area (Å²) in [5, 5.41) is 6.46. The largest absolute Gasteiger partial charge is 0.314 e. The van der Waals surface area contributed by atoms with Crippen molar-refractivity contribution in [3.63, 3.8) is 0 Å². The Bertz CT molecular complexity index is 3400. The van der Waals surface area contributed by atoms with Crippen molar-refractivity contribution in [1.82, 2.24) is 9.13 Å². The molecule has 3 aromatic heterocycles. The third kappa shape index (κ3) is 5.78. The van der Waals surface area contributed by atoms with Crippen LogP contribution in [0.25, 0.3) is 81.5 Å². The highest BCUT2D eigenvalue weighted by Crippen LogP contribution is 2.45. The summed E-state index contributed by atoms with van der Waals surface area (Å²) >= 11 is 1.87. The van der Waals surface area contributed by atoms with Crippen molar-refractivity contribution in [2.75, 3.05) is 4.90 Å². The number of para-hydroxylation sites is 5. The molecule has 0 saturated heterocycles. The minimum Gasteiger partial charge on any atom is -0.314 e. The molecule has 12 rings (SSSR count).